The molecule has 1 N–H and O–H groups in total. The first-order valence-corrected chi connectivity index (χ1v) is 6.77. The zero-order valence-electron chi connectivity index (χ0n) is 11.4. The monoisotopic (exact) mass is 262 g/mol. The van der Waals surface area contributed by atoms with Gasteiger partial charge in [-0.15, -0.1) is 0 Å². The van der Waals surface area contributed by atoms with Gasteiger partial charge in [0.2, 0.25) is 5.79 Å². The molecule has 0 aromatic heterocycles. The molecule has 1 heterocycles. The Bertz CT molecular complexity index is 554. The number of aliphatic hydroxyl groups is 1. The summed E-state index contributed by atoms with van der Waals surface area (Å²) in [6.45, 7) is 5.60. The van der Waals surface area contributed by atoms with Crippen molar-refractivity contribution in [3.63, 3.8) is 0 Å². The predicted octanol–water partition coefficient (Wildman–Crippen LogP) is 1.88. The van der Waals surface area contributed by atoms with Crippen LogP contribution in [0.1, 0.15) is 40.0 Å². The van der Waals surface area contributed by atoms with Crippen molar-refractivity contribution in [1.82, 2.24) is 0 Å². The van der Waals surface area contributed by atoms with Gasteiger partial charge in [-0.1, -0.05) is 13.8 Å². The Kier molecular flexibility index (Phi) is 2.52. The smallest absolute Gasteiger partial charge is 0.337 e. The van der Waals surface area contributed by atoms with Crippen LogP contribution in [0.5, 0.6) is 0 Å². The van der Waals surface area contributed by atoms with Gasteiger partial charge in [-0.2, -0.15) is 0 Å². The molecule has 3 aliphatic rings. The molecule has 0 saturated carbocycles. The van der Waals surface area contributed by atoms with Gasteiger partial charge in [-0.3, -0.25) is 4.79 Å². The van der Waals surface area contributed by atoms with E-state index in [0.717, 1.165) is 17.6 Å². The van der Waals surface area contributed by atoms with E-state index in [1.165, 1.54) is 0 Å². The van der Waals surface area contributed by atoms with E-state index < -0.39 is 11.8 Å². The first-order valence-electron chi connectivity index (χ1n) is 6.77. The molecule has 2 aliphatic carbocycles. The number of esters is 1. The van der Waals surface area contributed by atoms with Gasteiger partial charge in [-0.05, 0) is 30.8 Å². The standard InChI is InChI=1S/C15H18O4/c1-7-4-10-12(11(16)5-7)8(2)6-15(18)13(10)9(3)14(17)19-15/h7-8,18H,4-6H2,1-3H3. The molecule has 4 heteroatoms. The highest BCUT2D eigenvalue weighted by atomic mass is 16.7. The number of allylic oxidation sites excluding steroid dienone is 1. The Balaban J connectivity index is 2.23. The van der Waals surface area contributed by atoms with Crippen molar-refractivity contribution in [3.05, 3.63) is 22.3 Å². The number of hydrogen-bond donors (Lipinski definition) is 1. The van der Waals surface area contributed by atoms with E-state index in [9.17, 15) is 14.7 Å². The van der Waals surface area contributed by atoms with Crippen LogP contribution in [-0.2, 0) is 14.3 Å². The van der Waals surface area contributed by atoms with Crippen LogP contribution in [0, 0.1) is 11.8 Å². The van der Waals surface area contributed by atoms with Gasteiger partial charge in [0.25, 0.3) is 0 Å². The summed E-state index contributed by atoms with van der Waals surface area (Å²) in [5.74, 6) is -1.65. The Labute approximate surface area is 112 Å². The number of ether oxygens (including phenoxy) is 1. The topological polar surface area (TPSA) is 63.6 Å². The summed E-state index contributed by atoms with van der Waals surface area (Å²) in [7, 11) is 0. The lowest BCUT2D eigenvalue weighted by atomic mass is 9.68. The van der Waals surface area contributed by atoms with Crippen LogP contribution >= 0.6 is 0 Å². The van der Waals surface area contributed by atoms with Crippen LogP contribution in [0.2, 0.25) is 0 Å². The average molecular weight is 262 g/mol. The maximum atomic E-state index is 12.2. The Morgan fingerprint density at radius 2 is 1.95 bits per heavy atom. The highest BCUT2D eigenvalue weighted by molar-refractivity contribution is 6.01. The third-order valence-corrected chi connectivity index (χ3v) is 4.42. The van der Waals surface area contributed by atoms with E-state index in [1.54, 1.807) is 6.92 Å². The second kappa shape index (κ2) is 3.79. The molecule has 3 rings (SSSR count). The van der Waals surface area contributed by atoms with Gasteiger partial charge < -0.3 is 9.84 Å². The zero-order valence-corrected chi connectivity index (χ0v) is 11.4. The van der Waals surface area contributed by atoms with E-state index in [1.807, 2.05) is 13.8 Å². The van der Waals surface area contributed by atoms with Gasteiger partial charge >= 0.3 is 5.97 Å². The van der Waals surface area contributed by atoms with Gasteiger partial charge in [0, 0.05) is 29.6 Å². The van der Waals surface area contributed by atoms with Gasteiger partial charge in [0.1, 0.15) is 0 Å². The van der Waals surface area contributed by atoms with E-state index in [0.29, 0.717) is 17.6 Å². The molecule has 0 radical (unpaired) electrons. The zero-order chi connectivity index (χ0) is 13.9. The third-order valence-electron chi connectivity index (χ3n) is 4.42. The Morgan fingerprint density at radius 1 is 1.26 bits per heavy atom. The fraction of sp³-hybridized carbons (Fsp3) is 0.600. The van der Waals surface area contributed by atoms with Crippen LogP contribution in [-0.4, -0.2) is 22.6 Å². The first-order chi connectivity index (χ1) is 8.83. The number of carbonyl (C=O) groups excluding carboxylic acids is 2. The van der Waals surface area contributed by atoms with Crippen molar-refractivity contribution in [2.24, 2.45) is 11.8 Å². The van der Waals surface area contributed by atoms with Gasteiger partial charge in [-0.25, -0.2) is 4.79 Å². The fourth-order valence-electron chi connectivity index (χ4n) is 3.73. The van der Waals surface area contributed by atoms with Crippen LogP contribution in [0.15, 0.2) is 22.3 Å². The van der Waals surface area contributed by atoms with Crippen molar-refractivity contribution < 1.29 is 19.4 Å². The fourth-order valence-corrected chi connectivity index (χ4v) is 3.73. The number of hydrogen-bond acceptors (Lipinski definition) is 4. The summed E-state index contributed by atoms with van der Waals surface area (Å²) >= 11 is 0. The predicted molar refractivity (Wildman–Crippen MR) is 68.0 cm³/mol. The molecule has 0 fully saturated rings. The summed E-state index contributed by atoms with van der Waals surface area (Å²) < 4.78 is 5.15. The van der Waals surface area contributed by atoms with Gasteiger partial charge in [0.05, 0.1) is 0 Å². The first kappa shape index (κ1) is 12.6. The second-order valence-electron chi connectivity index (χ2n) is 6.11. The minimum Gasteiger partial charge on any atom is -0.425 e. The molecule has 0 aromatic rings. The second-order valence-corrected chi connectivity index (χ2v) is 6.11. The van der Waals surface area contributed by atoms with Crippen molar-refractivity contribution in [1.29, 1.82) is 0 Å². The lowest BCUT2D eigenvalue weighted by Gasteiger charge is -2.39. The lowest BCUT2D eigenvalue weighted by molar-refractivity contribution is -0.186. The van der Waals surface area contributed by atoms with Crippen LogP contribution < -0.4 is 0 Å². The summed E-state index contributed by atoms with van der Waals surface area (Å²) in [6.07, 6.45) is 1.57. The van der Waals surface area contributed by atoms with Gasteiger partial charge in [0.15, 0.2) is 5.78 Å². The Hall–Kier alpha value is -1.42. The number of ketones is 1. The molecule has 4 nitrogen and oxygen atoms in total. The highest BCUT2D eigenvalue weighted by Crippen LogP contribution is 2.50. The number of Topliss-reactive ketones (excluding diaryl/α,β-unsaturated/α-hetero) is 1. The quantitative estimate of drug-likeness (QED) is 0.677. The SMILES string of the molecule is CC1=C2C3=C(C(=O)CC(C)C3)C(C)CC2(O)OC1=O. The van der Waals surface area contributed by atoms with Crippen molar-refractivity contribution >= 4 is 11.8 Å². The molecular weight excluding hydrogens is 244 g/mol. The molecular formula is C15H18O4. The maximum absolute atomic E-state index is 12.2. The molecule has 0 bridgehead atoms. The van der Waals surface area contributed by atoms with Crippen molar-refractivity contribution in [2.75, 3.05) is 0 Å². The average Bonchev–Trinajstić information content (AvgIpc) is 2.47. The molecule has 0 amide bonds. The minimum absolute atomic E-state index is 0.0672. The molecule has 0 aromatic carbocycles. The maximum Gasteiger partial charge on any atom is 0.337 e. The third kappa shape index (κ3) is 1.62. The van der Waals surface area contributed by atoms with E-state index in [2.05, 4.69) is 0 Å². The van der Waals surface area contributed by atoms with Crippen LogP contribution in [0.3, 0.4) is 0 Å². The summed E-state index contributed by atoms with van der Waals surface area (Å²) in [6, 6.07) is 0. The summed E-state index contributed by atoms with van der Waals surface area (Å²) in [5.41, 5.74) is 2.66. The van der Waals surface area contributed by atoms with Crippen LogP contribution in [0.25, 0.3) is 0 Å². The molecule has 3 unspecified atom stereocenters. The van der Waals surface area contributed by atoms with Crippen molar-refractivity contribution in [3.8, 4) is 0 Å². The van der Waals surface area contributed by atoms with Crippen LogP contribution in [0.4, 0.5) is 0 Å². The largest absolute Gasteiger partial charge is 0.425 e. The molecule has 1 aliphatic heterocycles. The molecule has 19 heavy (non-hydrogen) atoms. The summed E-state index contributed by atoms with van der Waals surface area (Å²) in [5, 5.41) is 10.6. The number of carbonyl (C=O) groups is 2. The highest BCUT2D eigenvalue weighted by Gasteiger charge is 2.52. The number of rotatable bonds is 0. The van der Waals surface area contributed by atoms with E-state index >= 15 is 0 Å². The lowest BCUT2D eigenvalue weighted by Crippen LogP contribution is -2.41. The molecule has 102 valence electrons. The van der Waals surface area contributed by atoms with E-state index in [4.69, 9.17) is 4.74 Å². The van der Waals surface area contributed by atoms with Crippen molar-refractivity contribution in [2.45, 2.75) is 45.8 Å². The molecule has 3 atom stereocenters. The minimum atomic E-state index is -1.52. The normalized spacial score (nSPS) is 38.3. The Morgan fingerprint density at radius 3 is 2.63 bits per heavy atom. The number of fused-ring (bicyclic) bond motifs is 2. The molecule has 0 spiro atoms. The van der Waals surface area contributed by atoms with E-state index in [-0.39, 0.29) is 24.0 Å². The molecule has 0 saturated heterocycles. The summed E-state index contributed by atoms with van der Waals surface area (Å²) in [4.78, 5) is 24.0.